The van der Waals surface area contributed by atoms with Crippen molar-refractivity contribution < 1.29 is 19.1 Å². The summed E-state index contributed by atoms with van der Waals surface area (Å²) in [5.41, 5.74) is -0.858. The van der Waals surface area contributed by atoms with Gasteiger partial charge in [-0.1, -0.05) is 6.92 Å². The molecular weight excluding hydrogens is 234 g/mol. The molecule has 5 nitrogen and oxygen atoms in total. The molecule has 0 aromatic rings. The smallest absolute Gasteiger partial charge is 0.328 e. The van der Waals surface area contributed by atoms with Gasteiger partial charge in [0.05, 0.1) is 7.11 Å². The summed E-state index contributed by atoms with van der Waals surface area (Å²) in [6, 6.07) is -0.461. The summed E-state index contributed by atoms with van der Waals surface area (Å²) in [4.78, 5) is 25.8. The molecule has 1 fully saturated rings. The number of esters is 1. The maximum Gasteiger partial charge on any atom is 0.328 e. The van der Waals surface area contributed by atoms with Crippen LogP contribution in [0.4, 0.5) is 0 Å². The van der Waals surface area contributed by atoms with Gasteiger partial charge in [0.25, 0.3) is 5.91 Å². The van der Waals surface area contributed by atoms with Crippen molar-refractivity contribution in [2.75, 3.05) is 20.8 Å². The Hall–Kier alpha value is -1.10. The van der Waals surface area contributed by atoms with E-state index >= 15 is 0 Å². The van der Waals surface area contributed by atoms with Gasteiger partial charge >= 0.3 is 5.97 Å². The number of hydrogen-bond acceptors (Lipinski definition) is 4. The summed E-state index contributed by atoms with van der Waals surface area (Å²) in [5.74, 6) is -0.458. The molecule has 0 aromatic carbocycles. The van der Waals surface area contributed by atoms with Gasteiger partial charge in [0, 0.05) is 13.7 Å². The standard InChI is InChI=1S/C13H23NO4/c1-5-13(2,18-4)12(16)14-9-7-6-8-10(14)11(15)17-3/h10H,5-9H2,1-4H3. The fourth-order valence-electron chi connectivity index (χ4n) is 2.24. The molecular formula is C13H23NO4. The molecule has 0 saturated carbocycles. The van der Waals surface area contributed by atoms with Gasteiger partial charge in [-0.15, -0.1) is 0 Å². The number of likely N-dealkylation sites (tertiary alicyclic amines) is 1. The molecule has 2 atom stereocenters. The molecule has 0 aromatic heterocycles. The van der Waals surface area contributed by atoms with Crippen LogP contribution in [-0.2, 0) is 19.1 Å². The number of amides is 1. The highest BCUT2D eigenvalue weighted by atomic mass is 16.5. The van der Waals surface area contributed by atoms with Crippen molar-refractivity contribution in [3.63, 3.8) is 0 Å². The summed E-state index contributed by atoms with van der Waals surface area (Å²) < 4.78 is 10.1. The Morgan fingerprint density at radius 1 is 1.33 bits per heavy atom. The van der Waals surface area contributed by atoms with E-state index in [1.54, 1.807) is 11.8 Å². The van der Waals surface area contributed by atoms with Gasteiger partial charge in [0.2, 0.25) is 0 Å². The Morgan fingerprint density at radius 3 is 2.50 bits per heavy atom. The lowest BCUT2D eigenvalue weighted by Gasteiger charge is -2.39. The van der Waals surface area contributed by atoms with Crippen LogP contribution in [0.15, 0.2) is 0 Å². The van der Waals surface area contributed by atoms with Crippen LogP contribution >= 0.6 is 0 Å². The zero-order chi connectivity index (χ0) is 13.8. The number of piperidine rings is 1. The minimum Gasteiger partial charge on any atom is -0.467 e. The monoisotopic (exact) mass is 257 g/mol. The van der Waals surface area contributed by atoms with Crippen LogP contribution in [0.2, 0.25) is 0 Å². The van der Waals surface area contributed by atoms with Crippen LogP contribution in [0.5, 0.6) is 0 Å². The Labute approximate surface area is 108 Å². The second kappa shape index (κ2) is 6.18. The predicted octanol–water partition coefficient (Wildman–Crippen LogP) is 1.36. The van der Waals surface area contributed by atoms with Crippen LogP contribution in [0.3, 0.4) is 0 Å². The van der Waals surface area contributed by atoms with Crippen molar-refractivity contribution in [1.82, 2.24) is 4.90 Å². The third-order valence-corrected chi connectivity index (χ3v) is 3.81. The van der Waals surface area contributed by atoms with Crippen molar-refractivity contribution >= 4 is 11.9 Å². The number of nitrogens with zero attached hydrogens (tertiary/aromatic N) is 1. The second-order valence-corrected chi connectivity index (χ2v) is 4.82. The number of methoxy groups -OCH3 is 2. The number of carbonyl (C=O) groups is 2. The van der Waals surface area contributed by atoms with Crippen molar-refractivity contribution in [1.29, 1.82) is 0 Å². The SMILES string of the molecule is CCC(C)(OC)C(=O)N1CCCCC1C(=O)OC. The number of ether oxygens (including phenoxy) is 2. The van der Waals surface area contributed by atoms with E-state index in [0.29, 0.717) is 19.4 Å². The van der Waals surface area contributed by atoms with Gasteiger partial charge < -0.3 is 14.4 Å². The van der Waals surface area contributed by atoms with E-state index in [4.69, 9.17) is 9.47 Å². The van der Waals surface area contributed by atoms with Crippen molar-refractivity contribution in [3.8, 4) is 0 Å². The zero-order valence-electron chi connectivity index (χ0n) is 11.7. The first-order valence-corrected chi connectivity index (χ1v) is 6.44. The molecule has 104 valence electrons. The molecule has 1 aliphatic rings. The first-order chi connectivity index (χ1) is 8.50. The van der Waals surface area contributed by atoms with E-state index in [0.717, 1.165) is 12.8 Å². The molecule has 18 heavy (non-hydrogen) atoms. The normalized spacial score (nSPS) is 23.3. The van der Waals surface area contributed by atoms with E-state index in [-0.39, 0.29) is 11.9 Å². The summed E-state index contributed by atoms with van der Waals surface area (Å²) in [5, 5.41) is 0. The molecule has 2 unspecified atom stereocenters. The van der Waals surface area contributed by atoms with Crippen LogP contribution in [0.25, 0.3) is 0 Å². The average molecular weight is 257 g/mol. The molecule has 0 aliphatic carbocycles. The second-order valence-electron chi connectivity index (χ2n) is 4.82. The average Bonchev–Trinajstić information content (AvgIpc) is 2.44. The summed E-state index contributed by atoms with van der Waals surface area (Å²) >= 11 is 0. The van der Waals surface area contributed by atoms with Crippen molar-refractivity contribution in [2.45, 2.75) is 51.2 Å². The fraction of sp³-hybridized carbons (Fsp3) is 0.846. The summed E-state index contributed by atoms with van der Waals surface area (Å²) in [6.07, 6.45) is 3.11. The number of rotatable bonds is 4. The van der Waals surface area contributed by atoms with Gasteiger partial charge in [0.15, 0.2) is 0 Å². The van der Waals surface area contributed by atoms with E-state index < -0.39 is 11.6 Å². The molecule has 0 N–H and O–H groups in total. The lowest BCUT2D eigenvalue weighted by atomic mass is 9.96. The number of hydrogen-bond donors (Lipinski definition) is 0. The van der Waals surface area contributed by atoms with Gasteiger partial charge in [-0.2, -0.15) is 0 Å². The van der Waals surface area contributed by atoms with Gasteiger partial charge in [-0.25, -0.2) is 4.79 Å². The Kier molecular flexibility index (Phi) is 5.14. The van der Waals surface area contributed by atoms with E-state index in [9.17, 15) is 9.59 Å². The van der Waals surface area contributed by atoms with Crippen LogP contribution in [0, 0.1) is 0 Å². The maximum atomic E-state index is 12.5. The van der Waals surface area contributed by atoms with Crippen molar-refractivity contribution in [3.05, 3.63) is 0 Å². The van der Waals surface area contributed by atoms with Crippen LogP contribution < -0.4 is 0 Å². The third kappa shape index (κ3) is 2.83. The Bertz CT molecular complexity index is 312. The minimum atomic E-state index is -0.858. The van der Waals surface area contributed by atoms with Crippen molar-refractivity contribution in [2.24, 2.45) is 0 Å². The van der Waals surface area contributed by atoms with E-state index in [1.165, 1.54) is 14.2 Å². The first kappa shape index (κ1) is 15.0. The minimum absolute atomic E-state index is 0.123. The molecule has 5 heteroatoms. The molecule has 1 heterocycles. The van der Waals surface area contributed by atoms with Gasteiger partial charge in [0.1, 0.15) is 11.6 Å². The van der Waals surface area contributed by atoms with Crippen LogP contribution in [-0.4, -0.2) is 49.2 Å². The molecule has 0 spiro atoms. The highest BCUT2D eigenvalue weighted by Gasteiger charge is 2.41. The lowest BCUT2D eigenvalue weighted by Crippen LogP contribution is -2.56. The first-order valence-electron chi connectivity index (χ1n) is 6.44. The Balaban J connectivity index is 2.90. The van der Waals surface area contributed by atoms with Crippen LogP contribution in [0.1, 0.15) is 39.5 Å². The largest absolute Gasteiger partial charge is 0.467 e. The molecule has 1 amide bonds. The molecule has 0 bridgehead atoms. The highest BCUT2D eigenvalue weighted by Crippen LogP contribution is 2.25. The molecule has 1 rings (SSSR count). The summed E-state index contributed by atoms with van der Waals surface area (Å²) in [6.45, 7) is 4.26. The quantitative estimate of drug-likeness (QED) is 0.713. The van der Waals surface area contributed by atoms with E-state index in [1.807, 2.05) is 6.92 Å². The molecule has 1 saturated heterocycles. The highest BCUT2D eigenvalue weighted by molar-refractivity contribution is 5.89. The third-order valence-electron chi connectivity index (χ3n) is 3.81. The topological polar surface area (TPSA) is 55.8 Å². The summed E-state index contributed by atoms with van der Waals surface area (Å²) in [7, 11) is 2.88. The fourth-order valence-corrected chi connectivity index (χ4v) is 2.24. The molecule has 1 aliphatic heterocycles. The number of carbonyl (C=O) groups excluding carboxylic acids is 2. The van der Waals surface area contributed by atoms with E-state index in [2.05, 4.69) is 0 Å². The Morgan fingerprint density at radius 2 is 2.00 bits per heavy atom. The van der Waals surface area contributed by atoms with Gasteiger partial charge in [-0.3, -0.25) is 4.79 Å². The molecule has 0 radical (unpaired) electrons. The van der Waals surface area contributed by atoms with Gasteiger partial charge in [-0.05, 0) is 32.6 Å². The maximum absolute atomic E-state index is 12.5. The predicted molar refractivity (Wildman–Crippen MR) is 67.1 cm³/mol. The zero-order valence-corrected chi connectivity index (χ0v) is 11.7. The lowest BCUT2D eigenvalue weighted by molar-refractivity contribution is -0.165.